The summed E-state index contributed by atoms with van der Waals surface area (Å²) in [5, 5.41) is 0. The van der Waals surface area contributed by atoms with E-state index in [-0.39, 0.29) is 26.4 Å². The zero-order chi connectivity index (χ0) is 34.6. The van der Waals surface area contributed by atoms with Crippen LogP contribution in [0.2, 0.25) is 0 Å². The molecule has 0 N–H and O–H groups in total. The van der Waals surface area contributed by atoms with Gasteiger partial charge in [0.15, 0.2) is 0 Å². The molecular weight excluding hydrogens is 648 g/mol. The minimum atomic E-state index is -2.76. The van der Waals surface area contributed by atoms with Gasteiger partial charge in [-0.15, -0.1) is 0 Å². The van der Waals surface area contributed by atoms with Gasteiger partial charge in [0.25, 0.3) is 22.7 Å². The number of ether oxygens (including phenoxy) is 6. The van der Waals surface area contributed by atoms with Crippen LogP contribution in [0.25, 0.3) is 0 Å². The van der Waals surface area contributed by atoms with Crippen LogP contribution in [-0.4, -0.2) is 177 Å². The number of carbonyl (C=O) groups is 8. The van der Waals surface area contributed by atoms with E-state index in [4.69, 9.17) is 28.4 Å². The largest absolute Gasteiger partial charge is 0.463 e. The van der Waals surface area contributed by atoms with E-state index in [0.29, 0.717) is 0 Å². The maximum absolute atomic E-state index is 14.5. The summed E-state index contributed by atoms with van der Waals surface area (Å²) in [6.07, 6.45) is 0. The van der Waals surface area contributed by atoms with E-state index in [1.165, 1.54) is 27.7 Å². The highest BCUT2D eigenvalue weighted by atomic mass is 16.6. The number of urea groups is 4. The Morgan fingerprint density at radius 2 is 0.667 bits per heavy atom. The van der Waals surface area contributed by atoms with E-state index in [1.807, 2.05) is 0 Å². The van der Waals surface area contributed by atoms with Crippen LogP contribution in [0.1, 0.15) is 27.7 Å². The molecule has 48 heavy (non-hydrogen) atoms. The maximum Gasteiger partial charge on any atom is 0.359 e. The summed E-state index contributed by atoms with van der Waals surface area (Å²) < 4.78 is 32.7. The van der Waals surface area contributed by atoms with Gasteiger partial charge in [-0.2, -0.15) is 0 Å². The number of hydrogen-bond acceptors (Lipinski definition) is 14. The highest BCUT2D eigenvalue weighted by Gasteiger charge is 2.93. The first kappa shape index (κ1) is 31.5. The molecule has 0 aliphatic carbocycles. The predicted octanol–water partition coefficient (Wildman–Crippen LogP) is -2.21. The first-order valence-electron chi connectivity index (χ1n) is 15.2. The van der Waals surface area contributed by atoms with Crippen molar-refractivity contribution in [3.63, 3.8) is 0 Å². The van der Waals surface area contributed by atoms with Crippen molar-refractivity contribution in [1.29, 1.82) is 0 Å². The van der Waals surface area contributed by atoms with E-state index in [2.05, 4.69) is 0 Å². The molecule has 7 heterocycles. The number of nitrogens with zero attached hydrogens (tertiary/aromatic N) is 8. The number of hydrogen-bond donors (Lipinski definition) is 0. The fraction of sp³-hybridized carbons (Fsp3) is 0.692. The molecule has 0 aromatic carbocycles. The van der Waals surface area contributed by atoms with Crippen LogP contribution in [0.15, 0.2) is 0 Å². The molecule has 7 saturated heterocycles. The van der Waals surface area contributed by atoms with E-state index >= 15 is 0 Å². The minimum Gasteiger partial charge on any atom is -0.463 e. The molecule has 0 saturated carbocycles. The first-order valence-corrected chi connectivity index (χ1v) is 15.2. The van der Waals surface area contributed by atoms with Crippen LogP contribution >= 0.6 is 0 Å². The van der Waals surface area contributed by atoms with Crippen LogP contribution < -0.4 is 0 Å². The minimum absolute atomic E-state index is 0.239. The molecule has 260 valence electrons. The lowest BCUT2D eigenvalue weighted by atomic mass is 9.88. The molecular formula is C26H32N8O14. The van der Waals surface area contributed by atoms with Gasteiger partial charge in [0.2, 0.25) is 0 Å². The van der Waals surface area contributed by atoms with Crippen LogP contribution in [0, 0.1) is 0 Å². The van der Waals surface area contributed by atoms with Crippen molar-refractivity contribution in [2.45, 2.75) is 50.3 Å². The van der Waals surface area contributed by atoms with Gasteiger partial charge in [0, 0.05) is 0 Å². The lowest BCUT2D eigenvalue weighted by Crippen LogP contribution is -2.82. The lowest BCUT2D eigenvalue weighted by molar-refractivity contribution is -0.226. The molecule has 22 heteroatoms. The second-order valence-corrected chi connectivity index (χ2v) is 11.3. The van der Waals surface area contributed by atoms with Crippen LogP contribution in [0.5, 0.6) is 0 Å². The lowest BCUT2D eigenvalue weighted by Gasteiger charge is -2.51. The molecule has 7 aliphatic heterocycles. The van der Waals surface area contributed by atoms with E-state index < -0.39 is 111 Å². The highest BCUT2D eigenvalue weighted by Crippen LogP contribution is 2.60. The Kier molecular flexibility index (Phi) is 6.68. The quantitative estimate of drug-likeness (QED) is 0.196. The molecule has 7 aliphatic rings. The van der Waals surface area contributed by atoms with Crippen LogP contribution in [0.4, 0.5) is 19.2 Å². The van der Waals surface area contributed by atoms with Gasteiger partial charge in [-0.05, 0) is 27.7 Å². The molecule has 7 fully saturated rings. The number of esters is 4. The standard InChI is InChI=1S/C26H32N8O14/c1-5-45-15(35)23-25(17(37)47-7-3)31-11-43-12-32(25)20(40)28(23)10-30-22(42)34-14-44-13-33-21(41)29(9-27(23)19(31)39)24(30,16(36)46-6-2)26(33,34)18(38)48-8-4/h5-14H2,1-4H3. The summed E-state index contributed by atoms with van der Waals surface area (Å²) in [6, 6.07) is -4.42. The molecule has 0 spiro atoms. The van der Waals surface area contributed by atoms with Gasteiger partial charge in [-0.3, -0.25) is 39.2 Å². The van der Waals surface area contributed by atoms with Crippen LogP contribution in [-0.2, 0) is 47.6 Å². The number of amides is 8. The summed E-state index contributed by atoms with van der Waals surface area (Å²) >= 11 is 0. The zero-order valence-corrected chi connectivity index (χ0v) is 26.4. The van der Waals surface area contributed by atoms with E-state index in [1.54, 1.807) is 0 Å². The fourth-order valence-corrected chi connectivity index (χ4v) is 8.13. The van der Waals surface area contributed by atoms with Gasteiger partial charge < -0.3 is 28.4 Å². The molecule has 7 rings (SSSR count). The van der Waals surface area contributed by atoms with Gasteiger partial charge in [-0.1, -0.05) is 0 Å². The Bertz CT molecular complexity index is 1380. The smallest absolute Gasteiger partial charge is 0.359 e. The predicted molar refractivity (Wildman–Crippen MR) is 145 cm³/mol. The molecule has 0 aromatic heterocycles. The molecule has 0 aromatic rings. The molecule has 0 bridgehead atoms. The summed E-state index contributed by atoms with van der Waals surface area (Å²) in [4.78, 5) is 122. The van der Waals surface area contributed by atoms with Crippen molar-refractivity contribution in [3.8, 4) is 0 Å². The van der Waals surface area contributed by atoms with Crippen molar-refractivity contribution in [2.75, 3.05) is 66.7 Å². The second-order valence-electron chi connectivity index (χ2n) is 11.3. The molecule has 0 unspecified atom stereocenters. The average molecular weight is 681 g/mol. The summed E-state index contributed by atoms with van der Waals surface area (Å²) in [7, 11) is 0. The van der Waals surface area contributed by atoms with Crippen molar-refractivity contribution in [1.82, 2.24) is 39.2 Å². The Hall–Kier alpha value is -5.12. The maximum atomic E-state index is 14.5. The third-order valence-corrected chi connectivity index (χ3v) is 9.63. The summed E-state index contributed by atoms with van der Waals surface area (Å²) in [5.41, 5.74) is -10.7. The SMILES string of the molecule is CCOC(=O)C12N3COCN1C(=O)N1CN4C(=O)N5COCN6C(=O)N(CN(C3=O)C12C(=O)OCC)C4(C(=O)OCC)C65C(=O)OCC. The zero-order valence-electron chi connectivity index (χ0n) is 26.4. The van der Waals surface area contributed by atoms with E-state index in [9.17, 15) is 38.4 Å². The Morgan fingerprint density at radius 1 is 0.458 bits per heavy atom. The van der Waals surface area contributed by atoms with Gasteiger partial charge in [0.05, 0.1) is 26.4 Å². The first-order chi connectivity index (χ1) is 23.0. The Balaban J connectivity index is 1.57. The molecule has 0 atom stereocenters. The fourth-order valence-electron chi connectivity index (χ4n) is 8.13. The number of carbonyl (C=O) groups excluding carboxylic acids is 8. The van der Waals surface area contributed by atoms with Crippen molar-refractivity contribution < 1.29 is 66.8 Å². The number of rotatable bonds is 8. The van der Waals surface area contributed by atoms with Crippen LogP contribution in [0.3, 0.4) is 0 Å². The third kappa shape index (κ3) is 2.93. The molecule has 0 radical (unpaired) electrons. The summed E-state index contributed by atoms with van der Waals surface area (Å²) in [6.45, 7) is 0.188. The third-order valence-electron chi connectivity index (χ3n) is 9.63. The molecule has 22 nitrogen and oxygen atoms in total. The van der Waals surface area contributed by atoms with Gasteiger partial charge >= 0.3 is 48.0 Å². The van der Waals surface area contributed by atoms with Crippen molar-refractivity contribution >= 4 is 48.0 Å². The average Bonchev–Trinajstić information content (AvgIpc) is 3.61. The van der Waals surface area contributed by atoms with Crippen molar-refractivity contribution in [2.24, 2.45) is 0 Å². The monoisotopic (exact) mass is 680 g/mol. The topological polar surface area (TPSA) is 218 Å². The Morgan fingerprint density at radius 3 is 0.875 bits per heavy atom. The Labute approximate surface area is 271 Å². The molecule has 8 amide bonds. The summed E-state index contributed by atoms with van der Waals surface area (Å²) in [5.74, 6) is -4.97. The normalized spacial score (nSPS) is 32.8. The van der Waals surface area contributed by atoms with Gasteiger partial charge in [-0.25, -0.2) is 38.4 Å². The van der Waals surface area contributed by atoms with Crippen molar-refractivity contribution in [3.05, 3.63) is 0 Å². The van der Waals surface area contributed by atoms with E-state index in [0.717, 1.165) is 39.2 Å². The highest BCUT2D eigenvalue weighted by molar-refractivity contribution is 6.12. The second kappa shape index (κ2) is 10.2. The van der Waals surface area contributed by atoms with Gasteiger partial charge in [0.1, 0.15) is 40.3 Å².